The average Bonchev–Trinajstić information content (AvgIpc) is 2.95. The van der Waals surface area contributed by atoms with E-state index in [1.165, 1.54) is 18.5 Å². The van der Waals surface area contributed by atoms with Crippen LogP contribution in [0.25, 0.3) is 0 Å². The molecule has 0 bridgehead atoms. The summed E-state index contributed by atoms with van der Waals surface area (Å²) >= 11 is 0. The molecular formula is C14H22N4O3S. The molecule has 22 heavy (non-hydrogen) atoms. The van der Waals surface area contributed by atoms with Crippen molar-refractivity contribution in [3.63, 3.8) is 0 Å². The standard InChI is InChI=1S/C14H22N4O3S/c15-9-11-3-1-5-13(11)18-14(19)6-8-17-22(20,21)12-4-2-7-16-10-12/h2,4,7,10-11,13,17H,1,3,5-6,8-9,15H2,(H,18,19). The fourth-order valence-corrected chi connectivity index (χ4v) is 3.67. The van der Waals surface area contributed by atoms with Crippen molar-refractivity contribution >= 4 is 15.9 Å². The van der Waals surface area contributed by atoms with Gasteiger partial charge in [0.25, 0.3) is 0 Å². The SMILES string of the molecule is NCC1CCCC1NC(=O)CCNS(=O)(=O)c1cccnc1. The lowest BCUT2D eigenvalue weighted by Gasteiger charge is -2.19. The van der Waals surface area contributed by atoms with Crippen LogP contribution in [0.3, 0.4) is 0 Å². The van der Waals surface area contributed by atoms with Crippen molar-refractivity contribution in [3.8, 4) is 0 Å². The number of nitrogens with one attached hydrogen (secondary N) is 2. The van der Waals surface area contributed by atoms with Gasteiger partial charge in [-0.2, -0.15) is 0 Å². The number of carbonyl (C=O) groups is 1. The van der Waals surface area contributed by atoms with Gasteiger partial charge in [0.05, 0.1) is 0 Å². The molecule has 1 heterocycles. The molecular weight excluding hydrogens is 304 g/mol. The van der Waals surface area contributed by atoms with E-state index in [9.17, 15) is 13.2 Å². The third-order valence-electron chi connectivity index (χ3n) is 3.90. The monoisotopic (exact) mass is 326 g/mol. The minimum absolute atomic E-state index is 0.0586. The highest BCUT2D eigenvalue weighted by Crippen LogP contribution is 2.24. The fourth-order valence-electron chi connectivity index (χ4n) is 2.68. The predicted molar refractivity (Wildman–Crippen MR) is 82.4 cm³/mol. The maximum atomic E-state index is 12.0. The van der Waals surface area contributed by atoms with E-state index in [0.717, 1.165) is 19.3 Å². The molecule has 0 radical (unpaired) electrons. The highest BCUT2D eigenvalue weighted by molar-refractivity contribution is 7.89. The van der Waals surface area contributed by atoms with Crippen LogP contribution in [0.2, 0.25) is 0 Å². The van der Waals surface area contributed by atoms with Gasteiger partial charge < -0.3 is 11.1 Å². The van der Waals surface area contributed by atoms with Gasteiger partial charge >= 0.3 is 0 Å². The lowest BCUT2D eigenvalue weighted by atomic mass is 10.0. The van der Waals surface area contributed by atoms with E-state index in [1.807, 2.05) is 0 Å². The van der Waals surface area contributed by atoms with Crippen LogP contribution in [-0.2, 0) is 14.8 Å². The zero-order valence-corrected chi connectivity index (χ0v) is 13.2. The van der Waals surface area contributed by atoms with Gasteiger partial charge in [-0.3, -0.25) is 9.78 Å². The quantitative estimate of drug-likeness (QED) is 0.652. The molecule has 1 fully saturated rings. The molecule has 1 aliphatic carbocycles. The molecule has 2 atom stereocenters. The molecule has 1 aromatic heterocycles. The number of nitrogens with two attached hydrogens (primary N) is 1. The van der Waals surface area contributed by atoms with E-state index in [2.05, 4.69) is 15.0 Å². The minimum atomic E-state index is -3.61. The molecule has 0 aliphatic heterocycles. The molecule has 0 aromatic carbocycles. The topological polar surface area (TPSA) is 114 Å². The molecule has 0 saturated heterocycles. The third-order valence-corrected chi connectivity index (χ3v) is 5.34. The predicted octanol–water partition coefficient (Wildman–Crippen LogP) is -0.00640. The molecule has 122 valence electrons. The van der Waals surface area contributed by atoms with E-state index in [1.54, 1.807) is 6.07 Å². The molecule has 1 amide bonds. The van der Waals surface area contributed by atoms with E-state index < -0.39 is 10.0 Å². The molecule has 2 rings (SSSR count). The van der Waals surface area contributed by atoms with E-state index in [4.69, 9.17) is 5.73 Å². The number of nitrogens with zero attached hydrogens (tertiary/aromatic N) is 1. The maximum Gasteiger partial charge on any atom is 0.242 e. The number of pyridine rings is 1. The number of carbonyl (C=O) groups excluding carboxylic acids is 1. The lowest BCUT2D eigenvalue weighted by molar-refractivity contribution is -0.121. The molecule has 1 aromatic rings. The molecule has 1 saturated carbocycles. The van der Waals surface area contributed by atoms with Crippen LogP contribution in [0.5, 0.6) is 0 Å². The maximum absolute atomic E-state index is 12.0. The summed E-state index contributed by atoms with van der Waals surface area (Å²) in [6.45, 7) is 0.627. The summed E-state index contributed by atoms with van der Waals surface area (Å²) in [5.41, 5.74) is 5.67. The first-order valence-electron chi connectivity index (χ1n) is 7.42. The Morgan fingerprint density at radius 2 is 2.23 bits per heavy atom. The molecule has 0 spiro atoms. The van der Waals surface area contributed by atoms with Crippen molar-refractivity contribution in [1.29, 1.82) is 0 Å². The number of sulfonamides is 1. The van der Waals surface area contributed by atoms with Crippen LogP contribution < -0.4 is 15.8 Å². The van der Waals surface area contributed by atoms with Crippen molar-refractivity contribution in [2.45, 2.75) is 36.6 Å². The smallest absolute Gasteiger partial charge is 0.242 e. The highest BCUT2D eigenvalue weighted by Gasteiger charge is 2.27. The second-order valence-electron chi connectivity index (χ2n) is 5.44. The minimum Gasteiger partial charge on any atom is -0.353 e. The second kappa shape index (κ2) is 7.66. The van der Waals surface area contributed by atoms with Crippen molar-refractivity contribution in [2.24, 2.45) is 11.7 Å². The zero-order valence-electron chi connectivity index (χ0n) is 12.4. The van der Waals surface area contributed by atoms with Gasteiger partial charge in [-0.1, -0.05) is 6.42 Å². The summed E-state index contributed by atoms with van der Waals surface area (Å²) in [5.74, 6) is 0.176. The highest BCUT2D eigenvalue weighted by atomic mass is 32.2. The lowest BCUT2D eigenvalue weighted by Crippen LogP contribution is -2.41. The van der Waals surface area contributed by atoms with Gasteiger partial charge in [-0.05, 0) is 37.4 Å². The largest absolute Gasteiger partial charge is 0.353 e. The summed E-state index contributed by atoms with van der Waals surface area (Å²) in [6.07, 6.45) is 5.92. The molecule has 8 heteroatoms. The number of rotatable bonds is 7. The first-order valence-corrected chi connectivity index (χ1v) is 8.90. The number of aromatic nitrogens is 1. The molecule has 1 aliphatic rings. The van der Waals surface area contributed by atoms with E-state index >= 15 is 0 Å². The third kappa shape index (κ3) is 4.49. The number of hydrogen-bond acceptors (Lipinski definition) is 5. The van der Waals surface area contributed by atoms with Crippen molar-refractivity contribution in [3.05, 3.63) is 24.5 Å². The Kier molecular flexibility index (Phi) is 5.87. The summed E-state index contributed by atoms with van der Waals surface area (Å²) in [4.78, 5) is 15.7. The fraction of sp³-hybridized carbons (Fsp3) is 0.571. The van der Waals surface area contributed by atoms with Crippen LogP contribution in [0.1, 0.15) is 25.7 Å². The van der Waals surface area contributed by atoms with Gasteiger partial charge in [-0.25, -0.2) is 13.1 Å². The van der Waals surface area contributed by atoms with Crippen LogP contribution >= 0.6 is 0 Å². The Labute approximate surface area is 130 Å². The first-order chi connectivity index (χ1) is 10.5. The van der Waals surface area contributed by atoms with Crippen molar-refractivity contribution in [1.82, 2.24) is 15.0 Å². The van der Waals surface area contributed by atoms with Gasteiger partial charge in [0.15, 0.2) is 0 Å². The van der Waals surface area contributed by atoms with Crippen molar-refractivity contribution in [2.75, 3.05) is 13.1 Å². The Balaban J connectivity index is 1.77. The van der Waals surface area contributed by atoms with Gasteiger partial charge in [0.1, 0.15) is 4.90 Å². The molecule has 2 unspecified atom stereocenters. The van der Waals surface area contributed by atoms with Crippen LogP contribution in [-0.4, -0.2) is 38.4 Å². The zero-order chi connectivity index (χ0) is 16.0. The van der Waals surface area contributed by atoms with Gasteiger partial charge in [0.2, 0.25) is 15.9 Å². The normalized spacial score (nSPS) is 21.7. The molecule has 4 N–H and O–H groups in total. The second-order valence-corrected chi connectivity index (χ2v) is 7.20. The van der Waals surface area contributed by atoms with Crippen LogP contribution in [0, 0.1) is 5.92 Å². The Bertz CT molecular complexity index is 591. The summed E-state index contributed by atoms with van der Waals surface area (Å²) in [7, 11) is -3.61. The first kappa shape index (κ1) is 16.9. The van der Waals surface area contributed by atoms with E-state index in [-0.39, 0.29) is 29.8 Å². The summed E-state index contributed by atoms with van der Waals surface area (Å²) < 4.78 is 26.3. The average molecular weight is 326 g/mol. The Morgan fingerprint density at radius 1 is 1.41 bits per heavy atom. The Morgan fingerprint density at radius 3 is 2.91 bits per heavy atom. The summed E-state index contributed by atoms with van der Waals surface area (Å²) in [6, 6.07) is 3.13. The Hall–Kier alpha value is -1.51. The van der Waals surface area contributed by atoms with Gasteiger partial charge in [0, 0.05) is 31.4 Å². The number of hydrogen-bond donors (Lipinski definition) is 3. The van der Waals surface area contributed by atoms with Crippen LogP contribution in [0.4, 0.5) is 0 Å². The van der Waals surface area contributed by atoms with Crippen molar-refractivity contribution < 1.29 is 13.2 Å². The summed E-state index contributed by atoms with van der Waals surface area (Å²) in [5, 5.41) is 2.94. The molecule has 7 nitrogen and oxygen atoms in total. The van der Waals surface area contributed by atoms with Gasteiger partial charge in [-0.15, -0.1) is 0 Å². The number of amides is 1. The van der Waals surface area contributed by atoms with E-state index in [0.29, 0.717) is 12.5 Å². The van der Waals surface area contributed by atoms with Crippen LogP contribution in [0.15, 0.2) is 29.4 Å².